The second-order valence-electron chi connectivity index (χ2n) is 8.82. The molecule has 0 aliphatic heterocycles. The first kappa shape index (κ1) is 27.9. The summed E-state index contributed by atoms with van der Waals surface area (Å²) in [5.41, 5.74) is 2.50. The molecule has 0 saturated heterocycles. The van der Waals surface area contributed by atoms with Gasteiger partial charge in [-0.15, -0.1) is 0 Å². The lowest BCUT2D eigenvalue weighted by atomic mass is 10.1. The number of hydrogen-bond acceptors (Lipinski definition) is 7. The minimum atomic E-state index is -3.67. The van der Waals surface area contributed by atoms with Gasteiger partial charge in [0, 0.05) is 24.4 Å². The zero-order chi connectivity index (χ0) is 25.7. The first-order valence-corrected chi connectivity index (χ1v) is 12.9. The van der Waals surface area contributed by atoms with Crippen molar-refractivity contribution in [2.75, 3.05) is 24.7 Å². The highest BCUT2D eigenvalue weighted by atomic mass is 32.2. The molecule has 3 rings (SSSR count). The Morgan fingerprint density at radius 2 is 1.62 bits per heavy atom. The number of rotatable bonds is 8. The SMILES string of the molecule is CC(C)[N+](O)(CCCNc1c2ccccc2nc2cccc([NH+]([O-])O)c12)C(C)C.CS(=O)(=O)O. The number of hydrogen-bond donors (Lipinski definition) is 5. The number of nitrogens with zero attached hydrogens (tertiary/aromatic N) is 2. The van der Waals surface area contributed by atoms with Crippen molar-refractivity contribution in [2.24, 2.45) is 0 Å². The molecule has 1 heterocycles. The van der Waals surface area contributed by atoms with Gasteiger partial charge in [0.05, 0.1) is 28.4 Å². The molecule has 0 bridgehead atoms. The average molecular weight is 496 g/mol. The molecule has 10 nitrogen and oxygen atoms in total. The van der Waals surface area contributed by atoms with Crippen molar-refractivity contribution in [3.8, 4) is 0 Å². The van der Waals surface area contributed by atoms with Crippen LogP contribution < -0.4 is 10.5 Å². The van der Waals surface area contributed by atoms with E-state index >= 15 is 0 Å². The quantitative estimate of drug-likeness (QED) is 0.105. The highest BCUT2D eigenvalue weighted by Gasteiger charge is 2.33. The van der Waals surface area contributed by atoms with Crippen LogP contribution in [-0.4, -0.2) is 64.4 Å². The first-order chi connectivity index (χ1) is 15.8. The van der Waals surface area contributed by atoms with Gasteiger partial charge in [-0.1, -0.05) is 24.3 Å². The topological polar surface area (TPSA) is 147 Å². The van der Waals surface area contributed by atoms with Crippen molar-refractivity contribution in [2.45, 2.75) is 46.2 Å². The molecule has 0 amide bonds. The normalized spacial score (nSPS) is 13.3. The van der Waals surface area contributed by atoms with Crippen LogP contribution in [0.15, 0.2) is 42.5 Å². The molecular weight excluding hydrogens is 460 g/mol. The Morgan fingerprint density at radius 1 is 1.06 bits per heavy atom. The van der Waals surface area contributed by atoms with Crippen molar-refractivity contribution in [3.63, 3.8) is 0 Å². The van der Waals surface area contributed by atoms with Crippen LogP contribution in [0, 0.1) is 5.21 Å². The van der Waals surface area contributed by atoms with Gasteiger partial charge in [0.2, 0.25) is 0 Å². The molecule has 0 fully saturated rings. The molecule has 0 spiro atoms. The van der Waals surface area contributed by atoms with Crippen molar-refractivity contribution in [1.82, 2.24) is 4.98 Å². The third-order valence-electron chi connectivity index (χ3n) is 5.72. The Kier molecular flexibility index (Phi) is 9.31. The van der Waals surface area contributed by atoms with Gasteiger partial charge in [-0.3, -0.25) is 4.55 Å². The smallest absolute Gasteiger partial charge is 0.261 e. The summed E-state index contributed by atoms with van der Waals surface area (Å²) in [5.74, 6) is 0. The van der Waals surface area contributed by atoms with Crippen LogP contribution in [0.2, 0.25) is 0 Å². The number of benzene rings is 2. The minimum Gasteiger partial charge on any atom is -0.595 e. The standard InChI is InChI=1S/C22H31N4O3.CH4O3S/c1-15(2)26(29,16(3)4)14-8-13-23-22-17-9-5-6-10-18(17)24-19-11-7-12-20(21(19)22)25(27)28;1-5(2,3)4/h5-7,9-12,15-16,25,27,29H,8,13-14H2,1-4H3,(H,23,24);1H3,(H,2,3,4)/q+1;. The van der Waals surface area contributed by atoms with Gasteiger partial charge in [0.25, 0.3) is 10.1 Å². The lowest BCUT2D eigenvalue weighted by molar-refractivity contribution is -1.13. The Balaban J connectivity index is 0.000000739. The van der Waals surface area contributed by atoms with Crippen molar-refractivity contribution >= 4 is 43.3 Å². The van der Waals surface area contributed by atoms with Crippen LogP contribution >= 0.6 is 0 Å². The van der Waals surface area contributed by atoms with E-state index in [0.29, 0.717) is 30.2 Å². The third-order valence-corrected chi connectivity index (χ3v) is 5.72. The van der Waals surface area contributed by atoms with Gasteiger partial charge in [0.1, 0.15) is 18.6 Å². The van der Waals surface area contributed by atoms with Crippen LogP contribution in [-0.2, 0) is 10.1 Å². The largest absolute Gasteiger partial charge is 0.595 e. The van der Waals surface area contributed by atoms with Gasteiger partial charge >= 0.3 is 0 Å². The molecule has 188 valence electrons. The number of nitrogens with one attached hydrogen (secondary N) is 2. The number of pyridine rings is 1. The van der Waals surface area contributed by atoms with Gasteiger partial charge in [-0.25, -0.2) is 15.4 Å². The molecule has 1 unspecified atom stereocenters. The lowest BCUT2D eigenvalue weighted by Gasteiger charge is -2.37. The number of aromatic nitrogens is 1. The van der Waals surface area contributed by atoms with E-state index in [9.17, 15) is 24.0 Å². The first-order valence-electron chi connectivity index (χ1n) is 11.1. The molecule has 0 saturated carbocycles. The summed E-state index contributed by atoms with van der Waals surface area (Å²) in [5, 5.41) is 36.5. The predicted octanol–water partition coefficient (Wildman–Crippen LogP) is 3.12. The number of fused-ring (bicyclic) bond motifs is 2. The minimum absolute atomic E-state index is 0.0138. The van der Waals surface area contributed by atoms with Crippen molar-refractivity contribution in [1.29, 1.82) is 0 Å². The van der Waals surface area contributed by atoms with E-state index in [4.69, 9.17) is 4.55 Å². The maximum atomic E-state index is 11.8. The van der Waals surface area contributed by atoms with Crippen molar-refractivity contribution in [3.05, 3.63) is 47.7 Å². The van der Waals surface area contributed by atoms with E-state index < -0.39 is 15.3 Å². The van der Waals surface area contributed by atoms with Gasteiger partial charge in [-0.05, 0) is 39.8 Å². The monoisotopic (exact) mass is 495 g/mol. The summed E-state index contributed by atoms with van der Waals surface area (Å²) in [4.78, 5) is 4.65. The molecule has 0 aliphatic rings. The number of hydroxylamine groups is 3. The maximum absolute atomic E-state index is 11.8. The zero-order valence-electron chi connectivity index (χ0n) is 20.2. The van der Waals surface area contributed by atoms with Gasteiger partial charge < -0.3 is 10.5 Å². The average Bonchev–Trinajstić information content (AvgIpc) is 2.73. The second kappa shape index (κ2) is 11.4. The fraction of sp³-hybridized carbons (Fsp3) is 0.435. The fourth-order valence-corrected chi connectivity index (χ4v) is 3.96. The molecule has 11 heteroatoms. The zero-order valence-corrected chi connectivity index (χ0v) is 21.0. The number of quaternary nitrogens is 2. The van der Waals surface area contributed by atoms with Crippen LogP contribution in [0.3, 0.4) is 0 Å². The summed E-state index contributed by atoms with van der Waals surface area (Å²) >= 11 is 0. The Morgan fingerprint density at radius 3 is 2.18 bits per heavy atom. The van der Waals surface area contributed by atoms with Crippen LogP contribution in [0.5, 0.6) is 0 Å². The molecule has 0 aliphatic carbocycles. The molecule has 5 N–H and O–H groups in total. The predicted molar refractivity (Wildman–Crippen MR) is 133 cm³/mol. The van der Waals surface area contributed by atoms with Crippen LogP contribution in [0.4, 0.5) is 11.4 Å². The third kappa shape index (κ3) is 7.06. The summed E-state index contributed by atoms with van der Waals surface area (Å²) < 4.78 is 25.9. The van der Waals surface area contributed by atoms with E-state index in [1.807, 2.05) is 58.0 Å². The summed E-state index contributed by atoms with van der Waals surface area (Å²) in [6, 6.07) is 13.1. The fourth-order valence-electron chi connectivity index (χ4n) is 3.96. The molecule has 1 aromatic heterocycles. The van der Waals surface area contributed by atoms with Crippen molar-refractivity contribution < 1.29 is 33.3 Å². The molecule has 3 aromatic rings. The number of anilines is 1. The molecule has 0 radical (unpaired) electrons. The van der Waals surface area contributed by atoms with Gasteiger partial charge in [-0.2, -0.15) is 18.3 Å². The molecular formula is C23H35N4O6S+. The van der Waals surface area contributed by atoms with E-state index in [1.54, 1.807) is 12.1 Å². The summed E-state index contributed by atoms with van der Waals surface area (Å²) in [6.07, 6.45) is 1.47. The second-order valence-corrected chi connectivity index (χ2v) is 10.3. The van der Waals surface area contributed by atoms with E-state index in [-0.39, 0.29) is 22.4 Å². The highest BCUT2D eigenvalue weighted by molar-refractivity contribution is 7.85. The molecule has 1 atom stereocenters. The van der Waals surface area contributed by atoms with Crippen LogP contribution in [0.25, 0.3) is 21.8 Å². The van der Waals surface area contributed by atoms with E-state index in [0.717, 1.165) is 23.0 Å². The number of para-hydroxylation sites is 1. The summed E-state index contributed by atoms with van der Waals surface area (Å²) in [7, 11) is -3.67. The highest BCUT2D eigenvalue weighted by Crippen LogP contribution is 2.34. The lowest BCUT2D eigenvalue weighted by Crippen LogP contribution is -2.99. The van der Waals surface area contributed by atoms with Gasteiger partial charge in [0.15, 0.2) is 5.69 Å². The molecule has 34 heavy (non-hydrogen) atoms. The van der Waals surface area contributed by atoms with E-state index in [1.165, 1.54) is 0 Å². The summed E-state index contributed by atoms with van der Waals surface area (Å²) in [6.45, 7) is 9.34. The Labute approximate surface area is 200 Å². The Bertz CT molecular complexity index is 1200. The maximum Gasteiger partial charge on any atom is 0.261 e. The van der Waals surface area contributed by atoms with E-state index in [2.05, 4.69) is 10.3 Å². The van der Waals surface area contributed by atoms with Crippen LogP contribution in [0.1, 0.15) is 34.1 Å². The Hall–Kier alpha value is -2.38. The molecule has 2 aromatic carbocycles.